The summed E-state index contributed by atoms with van der Waals surface area (Å²) in [5, 5.41) is 23.7. The maximum absolute atomic E-state index is 13.6. The van der Waals surface area contributed by atoms with Gasteiger partial charge in [-0.05, 0) is 28.5 Å². The second-order valence-electron chi connectivity index (χ2n) is 4.37. The number of anilines is 1. The van der Waals surface area contributed by atoms with Crippen LogP contribution in [0.3, 0.4) is 0 Å². The van der Waals surface area contributed by atoms with Crippen molar-refractivity contribution in [3.05, 3.63) is 56.0 Å². The number of nitro benzene ring substituents is 1. The maximum Gasteiger partial charge on any atom is 0.338 e. The molecule has 0 fully saturated rings. The summed E-state index contributed by atoms with van der Waals surface area (Å²) in [5.74, 6) is -2.59. The molecule has 0 aliphatic carbocycles. The van der Waals surface area contributed by atoms with Crippen molar-refractivity contribution in [1.29, 1.82) is 0 Å². The number of carboxylic acids is 1. The van der Waals surface area contributed by atoms with Gasteiger partial charge in [0.25, 0.3) is 5.69 Å². The summed E-state index contributed by atoms with van der Waals surface area (Å²) in [7, 11) is 1.59. The van der Waals surface area contributed by atoms with E-state index >= 15 is 0 Å². The molecule has 0 spiro atoms. The lowest BCUT2D eigenvalue weighted by atomic mass is 10.1. The van der Waals surface area contributed by atoms with Gasteiger partial charge in [0.2, 0.25) is 0 Å². The molecule has 0 saturated heterocycles. The minimum Gasteiger partial charge on any atom is -0.478 e. The first-order valence-electron chi connectivity index (χ1n) is 5.83. The van der Waals surface area contributed by atoms with E-state index < -0.39 is 28.0 Å². The first-order chi connectivity index (χ1) is 9.90. The molecule has 110 valence electrons. The van der Waals surface area contributed by atoms with Crippen molar-refractivity contribution < 1.29 is 19.2 Å². The van der Waals surface area contributed by atoms with Crippen molar-refractivity contribution in [3.8, 4) is 0 Å². The van der Waals surface area contributed by atoms with Crippen molar-refractivity contribution in [3.63, 3.8) is 0 Å². The highest BCUT2D eigenvalue weighted by atomic mass is 32.1. The number of benzene rings is 1. The van der Waals surface area contributed by atoms with Gasteiger partial charge in [-0.2, -0.15) is 11.3 Å². The molecule has 0 bridgehead atoms. The Morgan fingerprint density at radius 1 is 1.52 bits per heavy atom. The predicted molar refractivity (Wildman–Crippen MR) is 76.4 cm³/mol. The number of halogens is 1. The molecule has 6 nitrogen and oxygen atoms in total. The number of carboxylic acid groups (broad SMARTS) is 1. The zero-order chi connectivity index (χ0) is 15.6. The molecule has 0 amide bonds. The minimum absolute atomic E-state index is 0.0602. The zero-order valence-corrected chi connectivity index (χ0v) is 11.8. The Morgan fingerprint density at radius 3 is 2.76 bits per heavy atom. The Bertz CT molecular complexity index is 688. The highest BCUT2D eigenvalue weighted by Gasteiger charge is 2.24. The highest BCUT2D eigenvalue weighted by Crippen LogP contribution is 2.31. The number of hydrogen-bond donors (Lipinski definition) is 1. The number of nitro groups is 1. The Morgan fingerprint density at radius 2 is 2.24 bits per heavy atom. The molecule has 2 aromatic rings. The van der Waals surface area contributed by atoms with Gasteiger partial charge in [0.05, 0.1) is 16.6 Å². The van der Waals surface area contributed by atoms with Crippen molar-refractivity contribution >= 4 is 28.7 Å². The first-order valence-corrected chi connectivity index (χ1v) is 6.78. The molecule has 0 radical (unpaired) electrons. The maximum atomic E-state index is 13.6. The third kappa shape index (κ3) is 3.16. The van der Waals surface area contributed by atoms with Crippen molar-refractivity contribution in [2.75, 3.05) is 11.9 Å². The quantitative estimate of drug-likeness (QED) is 0.677. The van der Waals surface area contributed by atoms with Crippen LogP contribution in [0.25, 0.3) is 0 Å². The van der Waals surface area contributed by atoms with E-state index in [1.807, 2.05) is 16.8 Å². The third-order valence-corrected chi connectivity index (χ3v) is 3.63. The number of carbonyl (C=O) groups is 1. The zero-order valence-electron chi connectivity index (χ0n) is 10.9. The topological polar surface area (TPSA) is 83.7 Å². The van der Waals surface area contributed by atoms with Gasteiger partial charge in [0.15, 0.2) is 0 Å². The van der Waals surface area contributed by atoms with Crippen LogP contribution in [0.2, 0.25) is 0 Å². The van der Waals surface area contributed by atoms with Gasteiger partial charge in [0.1, 0.15) is 11.5 Å². The largest absolute Gasteiger partial charge is 0.478 e. The monoisotopic (exact) mass is 310 g/mol. The predicted octanol–water partition coefficient (Wildman–Crippen LogP) is 3.13. The summed E-state index contributed by atoms with van der Waals surface area (Å²) in [4.78, 5) is 22.8. The normalized spacial score (nSPS) is 10.4. The van der Waals surface area contributed by atoms with E-state index in [0.717, 1.165) is 11.6 Å². The minimum atomic E-state index is -1.47. The molecule has 8 heteroatoms. The number of rotatable bonds is 5. The molecule has 2 rings (SSSR count). The van der Waals surface area contributed by atoms with Gasteiger partial charge in [-0.3, -0.25) is 10.1 Å². The van der Waals surface area contributed by atoms with Gasteiger partial charge >= 0.3 is 5.97 Å². The summed E-state index contributed by atoms with van der Waals surface area (Å²) in [6.45, 7) is 0.356. The molecular weight excluding hydrogens is 299 g/mol. The summed E-state index contributed by atoms with van der Waals surface area (Å²) in [6.07, 6.45) is 0. The first kappa shape index (κ1) is 14.9. The molecule has 1 aromatic carbocycles. The SMILES string of the molecule is CN(Cc1ccsc1)c1cc(C(=O)O)c(F)cc1[N+](=O)[O-]. The van der Waals surface area contributed by atoms with Gasteiger partial charge < -0.3 is 10.0 Å². The van der Waals surface area contributed by atoms with Crippen molar-refractivity contribution in [1.82, 2.24) is 0 Å². The van der Waals surface area contributed by atoms with Crippen LogP contribution in [0.15, 0.2) is 29.0 Å². The van der Waals surface area contributed by atoms with Gasteiger partial charge in [0, 0.05) is 13.6 Å². The smallest absolute Gasteiger partial charge is 0.338 e. The lowest BCUT2D eigenvalue weighted by molar-refractivity contribution is -0.384. The lowest BCUT2D eigenvalue weighted by Gasteiger charge is -2.19. The second kappa shape index (κ2) is 5.88. The number of thiophene rings is 1. The van der Waals surface area contributed by atoms with Crippen LogP contribution in [0, 0.1) is 15.9 Å². The average Bonchev–Trinajstić information content (AvgIpc) is 2.90. The standard InChI is InChI=1S/C13H11FN2O4S/c1-15(6-8-2-3-21-7-8)11-4-9(13(17)18)10(14)5-12(11)16(19)20/h2-5,7H,6H2,1H3,(H,17,18). The van der Waals surface area contributed by atoms with E-state index in [1.165, 1.54) is 16.2 Å². The van der Waals surface area contributed by atoms with Crippen LogP contribution in [-0.2, 0) is 6.54 Å². The molecule has 1 aromatic heterocycles. The van der Waals surface area contributed by atoms with E-state index in [-0.39, 0.29) is 5.69 Å². The summed E-state index contributed by atoms with van der Waals surface area (Å²) < 4.78 is 13.6. The van der Waals surface area contributed by atoms with Crippen molar-refractivity contribution in [2.45, 2.75) is 6.54 Å². The van der Waals surface area contributed by atoms with Crippen molar-refractivity contribution in [2.24, 2.45) is 0 Å². The molecular formula is C13H11FN2O4S. The summed E-state index contributed by atoms with van der Waals surface area (Å²) in [6, 6.07) is 3.49. The van der Waals surface area contributed by atoms with Crippen LogP contribution in [0.1, 0.15) is 15.9 Å². The number of nitrogens with zero attached hydrogens (tertiary/aromatic N) is 2. The molecule has 21 heavy (non-hydrogen) atoms. The van der Waals surface area contributed by atoms with Crippen LogP contribution in [0.4, 0.5) is 15.8 Å². The van der Waals surface area contributed by atoms with Crippen LogP contribution in [-0.4, -0.2) is 23.0 Å². The fourth-order valence-electron chi connectivity index (χ4n) is 1.91. The van der Waals surface area contributed by atoms with E-state index in [0.29, 0.717) is 12.6 Å². The molecule has 0 aliphatic rings. The molecule has 0 atom stereocenters. The molecule has 1 heterocycles. The Labute approximate surface area is 123 Å². The van der Waals surface area contributed by atoms with Gasteiger partial charge in [-0.15, -0.1) is 0 Å². The van der Waals surface area contributed by atoms with E-state index in [4.69, 9.17) is 5.11 Å². The third-order valence-electron chi connectivity index (χ3n) is 2.90. The van der Waals surface area contributed by atoms with Crippen LogP contribution in [0.5, 0.6) is 0 Å². The second-order valence-corrected chi connectivity index (χ2v) is 5.15. The molecule has 1 N–H and O–H groups in total. The van der Waals surface area contributed by atoms with E-state index in [2.05, 4.69) is 0 Å². The Balaban J connectivity index is 2.46. The highest BCUT2D eigenvalue weighted by molar-refractivity contribution is 7.07. The Hall–Kier alpha value is -2.48. The fourth-order valence-corrected chi connectivity index (χ4v) is 2.57. The number of hydrogen-bond acceptors (Lipinski definition) is 5. The van der Waals surface area contributed by atoms with Gasteiger partial charge in [-0.1, -0.05) is 0 Å². The summed E-state index contributed by atoms with van der Waals surface area (Å²) >= 11 is 1.48. The van der Waals surface area contributed by atoms with Crippen LogP contribution < -0.4 is 4.90 Å². The average molecular weight is 310 g/mol. The lowest BCUT2D eigenvalue weighted by Crippen LogP contribution is -2.18. The van der Waals surface area contributed by atoms with Gasteiger partial charge in [-0.25, -0.2) is 9.18 Å². The molecule has 0 saturated carbocycles. The van der Waals surface area contributed by atoms with Crippen LogP contribution >= 0.6 is 11.3 Å². The van der Waals surface area contributed by atoms with E-state index in [1.54, 1.807) is 7.05 Å². The molecule has 0 aliphatic heterocycles. The molecule has 0 unspecified atom stereocenters. The number of aromatic carboxylic acids is 1. The van der Waals surface area contributed by atoms with E-state index in [9.17, 15) is 19.3 Å². The summed E-state index contributed by atoms with van der Waals surface area (Å²) in [5.41, 5.74) is -0.0639. The Kier molecular flexibility index (Phi) is 4.18. The fraction of sp³-hybridized carbons (Fsp3) is 0.154.